The van der Waals surface area contributed by atoms with Crippen LogP contribution in [0.15, 0.2) is 0 Å². The molecule has 2 saturated carbocycles. The molecule has 2 atom stereocenters. The van der Waals surface area contributed by atoms with Gasteiger partial charge in [0.15, 0.2) is 0 Å². The smallest absolute Gasteiger partial charge is 0.238 e. The molecule has 2 fully saturated rings. The highest BCUT2D eigenvalue weighted by Gasteiger charge is 2.49. The van der Waals surface area contributed by atoms with Crippen LogP contribution in [-0.2, 0) is 4.79 Å². The van der Waals surface area contributed by atoms with E-state index in [1.54, 1.807) is 0 Å². The van der Waals surface area contributed by atoms with Gasteiger partial charge in [0, 0.05) is 11.6 Å². The van der Waals surface area contributed by atoms with Gasteiger partial charge >= 0.3 is 0 Å². The molecular weight excluding hydrogens is 262 g/mol. The van der Waals surface area contributed by atoms with Crippen LogP contribution in [0.1, 0.15) is 65.7 Å². The second-order valence-corrected chi connectivity index (χ2v) is 7.72. The molecule has 21 heavy (non-hydrogen) atoms. The summed E-state index contributed by atoms with van der Waals surface area (Å²) in [5.74, 6) is 0.264. The Morgan fingerprint density at radius 2 is 2.05 bits per heavy atom. The van der Waals surface area contributed by atoms with Gasteiger partial charge in [0.1, 0.15) is 5.54 Å². The molecule has 2 unspecified atom stereocenters. The lowest BCUT2D eigenvalue weighted by atomic mass is 9.83. The van der Waals surface area contributed by atoms with Crippen LogP contribution in [0, 0.1) is 5.92 Å². The summed E-state index contributed by atoms with van der Waals surface area (Å²) in [5.41, 5.74) is 5.59. The standard InChI is InChI=1S/C17H33N3O/c1-5-16(2,3)20(4)12-10-13-7-6-11-17(13,15(18)21)19-14-8-9-14/h13-14,19H,5-12H2,1-4H3,(H2,18,21). The number of hydrogen-bond donors (Lipinski definition) is 2. The van der Waals surface area contributed by atoms with E-state index in [1.807, 2.05) is 0 Å². The van der Waals surface area contributed by atoms with Gasteiger partial charge in [-0.15, -0.1) is 0 Å². The van der Waals surface area contributed by atoms with E-state index < -0.39 is 5.54 Å². The van der Waals surface area contributed by atoms with E-state index in [2.05, 4.69) is 38.0 Å². The molecule has 122 valence electrons. The van der Waals surface area contributed by atoms with Crippen molar-refractivity contribution >= 4 is 5.91 Å². The van der Waals surface area contributed by atoms with Crippen LogP contribution in [-0.4, -0.2) is 41.5 Å². The summed E-state index contributed by atoms with van der Waals surface area (Å²) >= 11 is 0. The topological polar surface area (TPSA) is 58.4 Å². The maximum Gasteiger partial charge on any atom is 0.238 e. The lowest BCUT2D eigenvalue weighted by Crippen LogP contribution is -2.59. The summed E-state index contributed by atoms with van der Waals surface area (Å²) in [7, 11) is 2.19. The van der Waals surface area contributed by atoms with E-state index >= 15 is 0 Å². The molecule has 1 amide bonds. The van der Waals surface area contributed by atoms with Crippen molar-refractivity contribution in [3.8, 4) is 0 Å². The molecule has 0 aromatic carbocycles. The van der Waals surface area contributed by atoms with E-state index in [1.165, 1.54) is 12.8 Å². The molecule has 3 N–H and O–H groups in total. The Labute approximate surface area is 129 Å². The van der Waals surface area contributed by atoms with E-state index in [9.17, 15) is 4.79 Å². The van der Waals surface area contributed by atoms with Crippen molar-refractivity contribution in [3.05, 3.63) is 0 Å². The number of nitrogens with two attached hydrogens (primary N) is 1. The molecule has 0 aliphatic heterocycles. The maximum atomic E-state index is 12.1. The number of carbonyl (C=O) groups is 1. The van der Waals surface area contributed by atoms with Crippen molar-refractivity contribution in [2.75, 3.05) is 13.6 Å². The molecule has 4 nitrogen and oxygen atoms in total. The summed E-state index contributed by atoms with van der Waals surface area (Å²) in [5, 5.41) is 3.60. The van der Waals surface area contributed by atoms with Crippen LogP contribution in [0.4, 0.5) is 0 Å². The fraction of sp³-hybridized carbons (Fsp3) is 0.941. The molecule has 4 heteroatoms. The van der Waals surface area contributed by atoms with Gasteiger partial charge in [0.25, 0.3) is 0 Å². The van der Waals surface area contributed by atoms with Crippen LogP contribution in [0.5, 0.6) is 0 Å². The van der Waals surface area contributed by atoms with E-state index in [-0.39, 0.29) is 11.4 Å². The van der Waals surface area contributed by atoms with Crippen molar-refractivity contribution in [2.24, 2.45) is 11.7 Å². The third kappa shape index (κ3) is 3.59. The summed E-state index contributed by atoms with van der Waals surface area (Å²) in [6.07, 6.45) is 7.76. The molecule has 0 spiro atoms. The van der Waals surface area contributed by atoms with Crippen LogP contribution < -0.4 is 11.1 Å². The highest BCUT2D eigenvalue weighted by atomic mass is 16.1. The second kappa shape index (κ2) is 6.25. The van der Waals surface area contributed by atoms with Crippen LogP contribution in [0.2, 0.25) is 0 Å². The van der Waals surface area contributed by atoms with Crippen molar-refractivity contribution < 1.29 is 4.79 Å². The Hall–Kier alpha value is -0.610. The first-order valence-electron chi connectivity index (χ1n) is 8.60. The summed E-state index contributed by atoms with van der Waals surface area (Å²) < 4.78 is 0. The van der Waals surface area contributed by atoms with E-state index in [0.717, 1.165) is 38.6 Å². The summed E-state index contributed by atoms with van der Waals surface area (Å²) in [6, 6.07) is 0.530. The molecular formula is C17H33N3O. The number of nitrogens with zero attached hydrogens (tertiary/aromatic N) is 1. The highest BCUT2D eigenvalue weighted by Crippen LogP contribution is 2.40. The van der Waals surface area contributed by atoms with Crippen molar-refractivity contribution in [3.63, 3.8) is 0 Å². The Bertz CT molecular complexity index is 378. The van der Waals surface area contributed by atoms with Gasteiger partial charge in [-0.1, -0.05) is 13.3 Å². The minimum absolute atomic E-state index is 0.130. The second-order valence-electron chi connectivity index (χ2n) is 7.72. The zero-order chi connectivity index (χ0) is 15.7. The van der Waals surface area contributed by atoms with Gasteiger partial charge in [-0.05, 0) is 71.9 Å². The van der Waals surface area contributed by atoms with Gasteiger partial charge in [-0.25, -0.2) is 0 Å². The van der Waals surface area contributed by atoms with Crippen LogP contribution in [0.25, 0.3) is 0 Å². The molecule has 0 heterocycles. The Kier molecular flexibility index (Phi) is 4.99. The first kappa shape index (κ1) is 16.8. The number of carbonyl (C=O) groups excluding carboxylic acids is 1. The van der Waals surface area contributed by atoms with Crippen LogP contribution in [0.3, 0.4) is 0 Å². The van der Waals surface area contributed by atoms with Gasteiger partial charge in [-0.2, -0.15) is 0 Å². The lowest BCUT2D eigenvalue weighted by Gasteiger charge is -2.38. The number of hydrogen-bond acceptors (Lipinski definition) is 3. The summed E-state index contributed by atoms with van der Waals surface area (Å²) in [6.45, 7) is 7.83. The maximum absolute atomic E-state index is 12.1. The average molecular weight is 295 g/mol. The lowest BCUT2D eigenvalue weighted by molar-refractivity contribution is -0.126. The van der Waals surface area contributed by atoms with Crippen LogP contribution >= 0.6 is 0 Å². The number of rotatable bonds is 8. The molecule has 2 aliphatic carbocycles. The number of amides is 1. The summed E-state index contributed by atoms with van der Waals surface area (Å²) in [4.78, 5) is 14.6. The molecule has 0 bridgehead atoms. The Balaban J connectivity index is 1.98. The first-order valence-corrected chi connectivity index (χ1v) is 8.60. The fourth-order valence-electron chi connectivity index (χ4n) is 3.57. The largest absolute Gasteiger partial charge is 0.368 e. The molecule has 0 radical (unpaired) electrons. The Morgan fingerprint density at radius 1 is 1.38 bits per heavy atom. The van der Waals surface area contributed by atoms with Gasteiger partial charge in [0.2, 0.25) is 5.91 Å². The van der Waals surface area contributed by atoms with E-state index in [4.69, 9.17) is 5.73 Å². The highest BCUT2D eigenvalue weighted by molar-refractivity contribution is 5.85. The fourth-order valence-corrected chi connectivity index (χ4v) is 3.57. The molecule has 0 aromatic heterocycles. The van der Waals surface area contributed by atoms with Crippen molar-refractivity contribution in [2.45, 2.75) is 82.8 Å². The predicted molar refractivity (Wildman–Crippen MR) is 87.0 cm³/mol. The van der Waals surface area contributed by atoms with Gasteiger partial charge < -0.3 is 16.0 Å². The third-order valence-electron chi connectivity index (χ3n) is 6.01. The number of nitrogens with one attached hydrogen (secondary N) is 1. The molecule has 0 aromatic rings. The van der Waals surface area contributed by atoms with Crippen molar-refractivity contribution in [1.29, 1.82) is 0 Å². The van der Waals surface area contributed by atoms with Gasteiger partial charge in [-0.3, -0.25) is 4.79 Å². The third-order valence-corrected chi connectivity index (χ3v) is 6.01. The predicted octanol–water partition coefficient (Wildman–Crippen LogP) is 2.27. The van der Waals surface area contributed by atoms with Gasteiger partial charge in [0.05, 0.1) is 0 Å². The Morgan fingerprint density at radius 3 is 2.57 bits per heavy atom. The normalized spacial score (nSPS) is 30.0. The first-order chi connectivity index (χ1) is 9.82. The number of primary amides is 1. The quantitative estimate of drug-likeness (QED) is 0.722. The molecule has 2 aliphatic rings. The van der Waals surface area contributed by atoms with Crippen molar-refractivity contribution in [1.82, 2.24) is 10.2 Å². The molecule has 2 rings (SSSR count). The minimum atomic E-state index is -0.432. The van der Waals surface area contributed by atoms with E-state index in [0.29, 0.717) is 12.0 Å². The monoisotopic (exact) mass is 295 g/mol. The zero-order valence-electron chi connectivity index (χ0n) is 14.2. The average Bonchev–Trinajstić information content (AvgIpc) is 3.14. The zero-order valence-corrected chi connectivity index (χ0v) is 14.2. The minimum Gasteiger partial charge on any atom is -0.368 e. The SMILES string of the molecule is CCC(C)(C)N(C)CCC1CCCC1(NC1CC1)C(N)=O. The molecule has 0 saturated heterocycles.